The number of anilines is 2. The number of halogens is 2. The quantitative estimate of drug-likeness (QED) is 0.687. The zero-order valence-electron chi connectivity index (χ0n) is 10.2. The van der Waals surface area contributed by atoms with Crippen molar-refractivity contribution in [1.82, 2.24) is 4.98 Å². The number of benzene rings is 1. The number of hydrogen-bond donors (Lipinski definition) is 3. The summed E-state index contributed by atoms with van der Waals surface area (Å²) < 4.78 is 1.37. The Labute approximate surface area is 132 Å². The summed E-state index contributed by atoms with van der Waals surface area (Å²) in [5.74, 6) is 0. The highest BCUT2D eigenvalue weighted by Crippen LogP contribution is 2.25. The summed E-state index contributed by atoms with van der Waals surface area (Å²) >= 11 is 6.56. The zero-order valence-corrected chi connectivity index (χ0v) is 13.4. The highest BCUT2D eigenvalue weighted by Gasteiger charge is 2.09. The average Bonchev–Trinajstić information content (AvgIpc) is 2.38. The van der Waals surface area contributed by atoms with Gasteiger partial charge in [0.25, 0.3) is 0 Å². The molecule has 0 radical (unpaired) electrons. The third-order valence-corrected chi connectivity index (χ3v) is 3.69. The van der Waals surface area contributed by atoms with E-state index in [2.05, 4.69) is 47.5 Å². The van der Waals surface area contributed by atoms with Crippen LogP contribution in [0.5, 0.6) is 0 Å². The molecular weight excluding hydrogens is 390 g/mol. The Morgan fingerprint density at radius 1 is 1.25 bits per heavy atom. The lowest BCUT2D eigenvalue weighted by molar-refractivity contribution is 0.262. The van der Waals surface area contributed by atoms with Gasteiger partial charge in [-0.1, -0.05) is 22.0 Å². The van der Waals surface area contributed by atoms with Crippen LogP contribution in [0.3, 0.4) is 0 Å². The maximum Gasteiger partial charge on any atom is 0.323 e. The molecular formula is C13H11Br2N3O2. The molecule has 0 spiro atoms. The maximum atomic E-state index is 11.9. The molecule has 2 aromatic rings. The normalized spacial score (nSPS) is 10.2. The fourth-order valence-corrected chi connectivity index (χ4v) is 2.46. The number of nitrogens with one attached hydrogen (secondary N) is 2. The summed E-state index contributed by atoms with van der Waals surface area (Å²) in [5, 5.41) is 14.7. The van der Waals surface area contributed by atoms with Crippen LogP contribution in [0.4, 0.5) is 16.2 Å². The first-order chi connectivity index (χ1) is 9.60. The summed E-state index contributed by atoms with van der Waals surface area (Å²) in [5.41, 5.74) is 1.79. The minimum absolute atomic E-state index is 0.169. The Balaban J connectivity index is 2.11. The van der Waals surface area contributed by atoms with E-state index in [1.54, 1.807) is 36.5 Å². The molecule has 0 saturated carbocycles. The van der Waals surface area contributed by atoms with Crippen LogP contribution in [0.1, 0.15) is 5.56 Å². The summed E-state index contributed by atoms with van der Waals surface area (Å²) in [6.07, 6.45) is 1.58. The third-order valence-electron chi connectivity index (χ3n) is 2.51. The SMILES string of the molecule is O=C(Nc1ccnc(Br)c1)Nc1cccc(Br)c1CO. The average molecular weight is 401 g/mol. The molecule has 2 amide bonds. The van der Waals surface area contributed by atoms with E-state index in [0.29, 0.717) is 21.5 Å². The molecule has 1 heterocycles. The van der Waals surface area contributed by atoms with E-state index in [1.165, 1.54) is 0 Å². The number of aliphatic hydroxyl groups excluding tert-OH is 1. The standard InChI is InChI=1S/C13H11Br2N3O2/c14-10-2-1-3-11(9(10)7-19)18-13(20)17-8-4-5-16-12(15)6-8/h1-6,19H,7H2,(H2,16,17,18,20). The largest absolute Gasteiger partial charge is 0.392 e. The lowest BCUT2D eigenvalue weighted by Gasteiger charge is -2.12. The predicted octanol–water partition coefficient (Wildman–Crippen LogP) is 3.74. The Hall–Kier alpha value is -1.44. The monoisotopic (exact) mass is 399 g/mol. The molecule has 0 saturated heterocycles. The summed E-state index contributed by atoms with van der Waals surface area (Å²) in [4.78, 5) is 15.9. The van der Waals surface area contributed by atoms with Gasteiger partial charge in [0.2, 0.25) is 0 Å². The van der Waals surface area contributed by atoms with Gasteiger partial charge in [-0.2, -0.15) is 0 Å². The Bertz CT molecular complexity index is 635. The van der Waals surface area contributed by atoms with Gasteiger partial charge in [0, 0.05) is 27.6 Å². The van der Waals surface area contributed by atoms with Gasteiger partial charge in [-0.3, -0.25) is 0 Å². The fraction of sp³-hybridized carbons (Fsp3) is 0.0769. The molecule has 0 aliphatic heterocycles. The minimum Gasteiger partial charge on any atom is -0.392 e. The van der Waals surface area contributed by atoms with Crippen LogP contribution in [-0.4, -0.2) is 16.1 Å². The molecule has 3 N–H and O–H groups in total. The van der Waals surface area contributed by atoms with Crippen molar-refractivity contribution in [3.8, 4) is 0 Å². The number of urea groups is 1. The van der Waals surface area contributed by atoms with E-state index in [9.17, 15) is 9.90 Å². The Morgan fingerprint density at radius 3 is 2.75 bits per heavy atom. The van der Waals surface area contributed by atoms with Crippen molar-refractivity contribution in [2.24, 2.45) is 0 Å². The van der Waals surface area contributed by atoms with Gasteiger partial charge >= 0.3 is 6.03 Å². The molecule has 0 fully saturated rings. The van der Waals surface area contributed by atoms with Crippen molar-refractivity contribution in [3.63, 3.8) is 0 Å². The van der Waals surface area contributed by atoms with Crippen LogP contribution in [0.25, 0.3) is 0 Å². The van der Waals surface area contributed by atoms with Crippen molar-refractivity contribution in [1.29, 1.82) is 0 Å². The van der Waals surface area contributed by atoms with Gasteiger partial charge in [-0.25, -0.2) is 9.78 Å². The summed E-state index contributed by atoms with van der Waals surface area (Å²) in [7, 11) is 0. The van der Waals surface area contributed by atoms with Gasteiger partial charge in [0.1, 0.15) is 4.60 Å². The molecule has 0 bridgehead atoms. The van der Waals surface area contributed by atoms with Gasteiger partial charge in [-0.05, 0) is 40.2 Å². The molecule has 1 aromatic heterocycles. The van der Waals surface area contributed by atoms with Crippen LogP contribution < -0.4 is 10.6 Å². The molecule has 0 aliphatic carbocycles. The molecule has 104 valence electrons. The highest BCUT2D eigenvalue weighted by molar-refractivity contribution is 9.10. The highest BCUT2D eigenvalue weighted by atomic mass is 79.9. The topological polar surface area (TPSA) is 74.2 Å². The van der Waals surface area contributed by atoms with E-state index < -0.39 is 6.03 Å². The number of pyridine rings is 1. The number of amides is 2. The number of rotatable bonds is 3. The van der Waals surface area contributed by atoms with Crippen LogP contribution >= 0.6 is 31.9 Å². The molecule has 2 rings (SSSR count). The number of aliphatic hydroxyl groups is 1. The lowest BCUT2D eigenvalue weighted by atomic mass is 10.2. The first kappa shape index (κ1) is 15.0. The van der Waals surface area contributed by atoms with Crippen LogP contribution in [0.2, 0.25) is 0 Å². The second-order valence-electron chi connectivity index (χ2n) is 3.87. The maximum absolute atomic E-state index is 11.9. The summed E-state index contributed by atoms with van der Waals surface area (Å²) in [6.45, 7) is -0.169. The van der Waals surface area contributed by atoms with E-state index in [4.69, 9.17) is 0 Å². The fourth-order valence-electron chi connectivity index (χ4n) is 1.60. The Kier molecular flexibility index (Phi) is 5.11. The van der Waals surface area contributed by atoms with Crippen LogP contribution in [-0.2, 0) is 6.61 Å². The van der Waals surface area contributed by atoms with E-state index >= 15 is 0 Å². The third kappa shape index (κ3) is 3.78. The van der Waals surface area contributed by atoms with Crippen molar-refractivity contribution < 1.29 is 9.90 Å². The van der Waals surface area contributed by atoms with Crippen molar-refractivity contribution in [3.05, 3.63) is 51.2 Å². The number of carbonyl (C=O) groups excluding carboxylic acids is 1. The van der Waals surface area contributed by atoms with E-state index in [0.717, 1.165) is 4.47 Å². The second kappa shape index (κ2) is 6.83. The molecule has 20 heavy (non-hydrogen) atoms. The summed E-state index contributed by atoms with van der Waals surface area (Å²) in [6, 6.07) is 8.27. The number of nitrogens with zero attached hydrogens (tertiary/aromatic N) is 1. The molecule has 7 heteroatoms. The van der Waals surface area contributed by atoms with Crippen LogP contribution in [0, 0.1) is 0 Å². The minimum atomic E-state index is -0.393. The number of carbonyl (C=O) groups is 1. The van der Waals surface area contributed by atoms with Gasteiger partial charge in [-0.15, -0.1) is 0 Å². The number of aromatic nitrogens is 1. The van der Waals surface area contributed by atoms with Gasteiger partial charge < -0.3 is 15.7 Å². The van der Waals surface area contributed by atoms with E-state index in [-0.39, 0.29) is 6.61 Å². The van der Waals surface area contributed by atoms with E-state index in [1.807, 2.05) is 0 Å². The molecule has 0 unspecified atom stereocenters. The first-order valence-electron chi connectivity index (χ1n) is 5.68. The second-order valence-corrected chi connectivity index (χ2v) is 5.54. The molecule has 0 atom stereocenters. The molecule has 0 aliphatic rings. The zero-order chi connectivity index (χ0) is 14.5. The molecule has 5 nitrogen and oxygen atoms in total. The van der Waals surface area contributed by atoms with Crippen molar-refractivity contribution >= 4 is 49.3 Å². The molecule has 1 aromatic carbocycles. The smallest absolute Gasteiger partial charge is 0.323 e. The predicted molar refractivity (Wildman–Crippen MR) is 84.6 cm³/mol. The van der Waals surface area contributed by atoms with Crippen LogP contribution in [0.15, 0.2) is 45.6 Å². The number of hydrogen-bond acceptors (Lipinski definition) is 3. The van der Waals surface area contributed by atoms with Crippen molar-refractivity contribution in [2.45, 2.75) is 6.61 Å². The van der Waals surface area contributed by atoms with Crippen molar-refractivity contribution in [2.75, 3.05) is 10.6 Å². The van der Waals surface area contributed by atoms with Gasteiger partial charge in [0.15, 0.2) is 0 Å². The van der Waals surface area contributed by atoms with Gasteiger partial charge in [0.05, 0.1) is 6.61 Å². The first-order valence-corrected chi connectivity index (χ1v) is 7.26. The lowest BCUT2D eigenvalue weighted by Crippen LogP contribution is -2.20. The Morgan fingerprint density at radius 2 is 2.05 bits per heavy atom.